The number of fused-ring (bicyclic) bond motifs is 1. The van der Waals surface area contributed by atoms with Gasteiger partial charge in [0, 0.05) is 32.5 Å². The van der Waals surface area contributed by atoms with Crippen molar-refractivity contribution < 1.29 is 9.53 Å². The van der Waals surface area contributed by atoms with Crippen LogP contribution in [0.1, 0.15) is 30.1 Å². The third kappa shape index (κ3) is 3.31. The molecule has 1 aromatic heterocycles. The van der Waals surface area contributed by atoms with Gasteiger partial charge in [-0.2, -0.15) is 0 Å². The molecule has 0 unspecified atom stereocenters. The van der Waals surface area contributed by atoms with E-state index in [9.17, 15) is 4.79 Å². The summed E-state index contributed by atoms with van der Waals surface area (Å²) < 4.78 is 7.83. The highest BCUT2D eigenvalue weighted by Gasteiger charge is 2.28. The van der Waals surface area contributed by atoms with Crippen molar-refractivity contribution in [3.63, 3.8) is 0 Å². The fourth-order valence-electron chi connectivity index (χ4n) is 3.71. The van der Waals surface area contributed by atoms with Crippen LogP contribution in [-0.2, 0) is 13.5 Å². The largest absolute Gasteiger partial charge is 0.488 e. The number of benzene rings is 1. The molecule has 0 radical (unpaired) electrons. The maximum atomic E-state index is 12.5. The minimum atomic E-state index is -0.0218. The summed E-state index contributed by atoms with van der Waals surface area (Å²) in [6, 6.07) is 8.02. The zero-order valence-corrected chi connectivity index (χ0v) is 14.4. The quantitative estimate of drug-likeness (QED) is 0.922. The summed E-state index contributed by atoms with van der Waals surface area (Å²) in [7, 11) is 1.95. The lowest BCUT2D eigenvalue weighted by Gasteiger charge is -2.32. The van der Waals surface area contributed by atoms with Gasteiger partial charge in [-0.25, -0.2) is 4.79 Å². The van der Waals surface area contributed by atoms with Crippen molar-refractivity contribution in [1.29, 1.82) is 0 Å². The maximum absolute atomic E-state index is 12.5. The van der Waals surface area contributed by atoms with Crippen molar-refractivity contribution in [1.82, 2.24) is 25.0 Å². The lowest BCUT2D eigenvalue weighted by atomic mass is 9.97. The van der Waals surface area contributed by atoms with Gasteiger partial charge in [0.15, 0.2) is 0 Å². The predicted molar refractivity (Wildman–Crippen MR) is 92.5 cm³/mol. The molecule has 4 rings (SSSR count). The van der Waals surface area contributed by atoms with Crippen LogP contribution in [0.15, 0.2) is 30.6 Å². The molecule has 2 aromatic rings. The predicted octanol–water partition coefficient (Wildman–Crippen LogP) is 1.71. The average molecular weight is 341 g/mol. The van der Waals surface area contributed by atoms with Gasteiger partial charge in [-0.1, -0.05) is 18.2 Å². The summed E-state index contributed by atoms with van der Waals surface area (Å²) in [6.07, 6.45) is 4.59. The van der Waals surface area contributed by atoms with Crippen LogP contribution in [0, 0.1) is 0 Å². The molecule has 2 aliphatic rings. The van der Waals surface area contributed by atoms with Gasteiger partial charge in [0.25, 0.3) is 0 Å². The average Bonchev–Trinajstić information content (AvgIpc) is 3.25. The van der Waals surface area contributed by atoms with Crippen LogP contribution in [0.5, 0.6) is 5.75 Å². The maximum Gasteiger partial charge on any atom is 0.317 e. The zero-order chi connectivity index (χ0) is 17.2. The van der Waals surface area contributed by atoms with Crippen LogP contribution < -0.4 is 10.1 Å². The Hall–Kier alpha value is -2.57. The summed E-state index contributed by atoms with van der Waals surface area (Å²) in [5.74, 6) is 2.13. The van der Waals surface area contributed by atoms with Gasteiger partial charge in [-0.15, -0.1) is 10.2 Å². The van der Waals surface area contributed by atoms with Crippen LogP contribution in [0.4, 0.5) is 4.79 Å². The van der Waals surface area contributed by atoms with Crippen molar-refractivity contribution in [3.05, 3.63) is 42.0 Å². The molecule has 25 heavy (non-hydrogen) atoms. The van der Waals surface area contributed by atoms with Crippen LogP contribution in [-0.4, -0.2) is 51.4 Å². The van der Waals surface area contributed by atoms with E-state index in [1.54, 1.807) is 6.33 Å². The minimum absolute atomic E-state index is 0.0145. The smallest absolute Gasteiger partial charge is 0.317 e. The number of aryl methyl sites for hydroxylation is 1. The number of hydrogen-bond acceptors (Lipinski definition) is 4. The fourth-order valence-corrected chi connectivity index (χ4v) is 3.71. The Morgan fingerprint density at radius 2 is 2.28 bits per heavy atom. The molecular formula is C18H23N5O2. The molecule has 1 N–H and O–H groups in total. The van der Waals surface area contributed by atoms with E-state index in [0.717, 1.165) is 37.4 Å². The van der Waals surface area contributed by atoms with E-state index in [0.29, 0.717) is 13.1 Å². The highest BCUT2D eigenvalue weighted by atomic mass is 16.5. The van der Waals surface area contributed by atoms with Crippen LogP contribution in [0.3, 0.4) is 0 Å². The van der Waals surface area contributed by atoms with Gasteiger partial charge in [-0.3, -0.25) is 0 Å². The topological polar surface area (TPSA) is 72.3 Å². The van der Waals surface area contributed by atoms with Gasteiger partial charge in [0.1, 0.15) is 24.0 Å². The Labute approximate surface area is 147 Å². The van der Waals surface area contributed by atoms with E-state index in [1.165, 1.54) is 5.56 Å². The molecule has 7 nitrogen and oxygen atoms in total. The minimum Gasteiger partial charge on any atom is -0.488 e. The van der Waals surface area contributed by atoms with Gasteiger partial charge in [0.05, 0.1) is 6.54 Å². The molecule has 7 heteroatoms. The molecule has 2 amide bonds. The molecule has 2 atom stereocenters. The first-order chi connectivity index (χ1) is 12.2. The molecule has 0 spiro atoms. The summed E-state index contributed by atoms with van der Waals surface area (Å²) in [4.78, 5) is 14.4. The molecule has 0 bridgehead atoms. The number of likely N-dealkylation sites (tertiary alicyclic amines) is 1. The first kappa shape index (κ1) is 15.9. The molecule has 132 valence electrons. The van der Waals surface area contributed by atoms with Crippen molar-refractivity contribution in [3.8, 4) is 5.75 Å². The number of carbonyl (C=O) groups excluding carboxylic acids is 1. The number of rotatable bonds is 3. The van der Waals surface area contributed by atoms with E-state index in [1.807, 2.05) is 34.7 Å². The number of ether oxygens (including phenoxy) is 1. The van der Waals surface area contributed by atoms with Crippen LogP contribution >= 0.6 is 0 Å². The summed E-state index contributed by atoms with van der Waals surface area (Å²) in [5, 5.41) is 11.2. The lowest BCUT2D eigenvalue weighted by molar-refractivity contribution is 0.168. The molecule has 2 aliphatic heterocycles. The monoisotopic (exact) mass is 341 g/mol. The Bertz CT molecular complexity index is 734. The summed E-state index contributed by atoms with van der Waals surface area (Å²) >= 11 is 0. The second kappa shape index (κ2) is 6.74. The van der Waals surface area contributed by atoms with Gasteiger partial charge in [-0.05, 0) is 24.5 Å². The number of aromatic nitrogens is 3. The SMILES string of the molecule is Cn1cnnc1[C@@H]1CCCN(C(=O)NC[C@H]2Cc3ccccc3O2)C1. The number of nitrogens with zero attached hydrogens (tertiary/aromatic N) is 4. The molecule has 0 saturated carbocycles. The highest BCUT2D eigenvalue weighted by Crippen LogP contribution is 2.28. The second-order valence-corrected chi connectivity index (χ2v) is 6.82. The third-order valence-corrected chi connectivity index (χ3v) is 5.01. The first-order valence-electron chi connectivity index (χ1n) is 8.82. The van der Waals surface area contributed by atoms with Crippen molar-refractivity contribution in [2.24, 2.45) is 7.05 Å². The van der Waals surface area contributed by atoms with E-state index >= 15 is 0 Å². The Morgan fingerprint density at radius 1 is 1.40 bits per heavy atom. The Morgan fingerprint density at radius 3 is 3.08 bits per heavy atom. The second-order valence-electron chi connectivity index (χ2n) is 6.82. The fraction of sp³-hybridized carbons (Fsp3) is 0.500. The lowest BCUT2D eigenvalue weighted by Crippen LogP contribution is -2.47. The number of hydrogen-bond donors (Lipinski definition) is 1. The zero-order valence-electron chi connectivity index (χ0n) is 14.4. The molecule has 0 aliphatic carbocycles. The van der Waals surface area contributed by atoms with E-state index in [2.05, 4.69) is 21.6 Å². The molecule has 1 fully saturated rings. The molecule has 1 saturated heterocycles. The summed E-state index contributed by atoms with van der Waals surface area (Å²) in [6.45, 7) is 1.99. The number of amides is 2. The van der Waals surface area contributed by atoms with Gasteiger partial charge in [0.2, 0.25) is 0 Å². The van der Waals surface area contributed by atoms with E-state index < -0.39 is 0 Å². The number of nitrogens with one attached hydrogen (secondary N) is 1. The Kier molecular flexibility index (Phi) is 4.29. The standard InChI is InChI=1S/C18H23N5O2/c1-22-12-20-21-17(22)14-6-4-8-23(11-14)18(24)19-10-15-9-13-5-2-3-7-16(13)25-15/h2-3,5,7,12,14-15H,4,6,8-11H2,1H3,(H,19,24)/t14-,15-/m1/s1. The number of carbonyl (C=O) groups is 1. The van der Waals surface area contributed by atoms with Gasteiger partial charge < -0.3 is 19.5 Å². The highest BCUT2D eigenvalue weighted by molar-refractivity contribution is 5.74. The van der Waals surface area contributed by atoms with E-state index in [-0.39, 0.29) is 18.1 Å². The van der Waals surface area contributed by atoms with Crippen LogP contribution in [0.25, 0.3) is 0 Å². The number of para-hydroxylation sites is 1. The number of piperidine rings is 1. The molecule has 1 aromatic carbocycles. The van der Waals surface area contributed by atoms with E-state index in [4.69, 9.17) is 4.74 Å². The van der Waals surface area contributed by atoms with Crippen molar-refractivity contribution >= 4 is 6.03 Å². The Balaban J connectivity index is 1.30. The summed E-state index contributed by atoms with van der Waals surface area (Å²) in [5.41, 5.74) is 1.21. The molecular weight excluding hydrogens is 318 g/mol. The normalized spacial score (nSPS) is 22.4. The van der Waals surface area contributed by atoms with Gasteiger partial charge >= 0.3 is 6.03 Å². The third-order valence-electron chi connectivity index (χ3n) is 5.01. The van der Waals surface area contributed by atoms with Crippen LogP contribution in [0.2, 0.25) is 0 Å². The first-order valence-corrected chi connectivity index (χ1v) is 8.82. The number of urea groups is 1. The molecule has 3 heterocycles. The van der Waals surface area contributed by atoms with Crippen molar-refractivity contribution in [2.75, 3.05) is 19.6 Å². The van der Waals surface area contributed by atoms with Crippen molar-refractivity contribution in [2.45, 2.75) is 31.3 Å².